The predicted molar refractivity (Wildman–Crippen MR) is 93.8 cm³/mol. The molecule has 0 saturated heterocycles. The van der Waals surface area contributed by atoms with E-state index in [1.165, 1.54) is 0 Å². The minimum Gasteiger partial charge on any atom is -0.388 e. The molecular weight excluding hydrogens is 308 g/mol. The molecule has 6 heteroatoms. The van der Waals surface area contributed by atoms with E-state index < -0.39 is 13.2 Å². The molecule has 0 aliphatic heterocycles. The van der Waals surface area contributed by atoms with Gasteiger partial charge in [0.15, 0.2) is 11.6 Å². The molecular formula is C18H24N2O4. The summed E-state index contributed by atoms with van der Waals surface area (Å²) in [7, 11) is 0. The van der Waals surface area contributed by atoms with Crippen molar-refractivity contribution in [3.05, 3.63) is 71.8 Å². The number of carbonyl (C=O) groups excluding carboxylic acids is 2. The lowest BCUT2D eigenvalue weighted by atomic mass is 10.1. The van der Waals surface area contributed by atoms with Gasteiger partial charge in [0.25, 0.3) is 0 Å². The van der Waals surface area contributed by atoms with Gasteiger partial charge in [-0.05, 0) is 0 Å². The highest BCUT2D eigenvalue weighted by atomic mass is 16.3. The summed E-state index contributed by atoms with van der Waals surface area (Å²) in [5.41, 5.74) is 10.9. The summed E-state index contributed by atoms with van der Waals surface area (Å²) in [4.78, 5) is 21.5. The van der Waals surface area contributed by atoms with Crippen LogP contribution in [0.2, 0.25) is 0 Å². The third kappa shape index (κ3) is 9.60. The Kier molecular flexibility index (Phi) is 12.8. The lowest BCUT2D eigenvalue weighted by molar-refractivity contribution is 0.0898. The highest BCUT2D eigenvalue weighted by Crippen LogP contribution is 1.98. The van der Waals surface area contributed by atoms with Gasteiger partial charge in [-0.2, -0.15) is 0 Å². The summed E-state index contributed by atoms with van der Waals surface area (Å²) in [6.07, 6.45) is 0. The number of hydrogen-bond acceptors (Lipinski definition) is 6. The van der Waals surface area contributed by atoms with E-state index in [1.54, 1.807) is 48.5 Å². The van der Waals surface area contributed by atoms with Crippen LogP contribution in [0.4, 0.5) is 0 Å². The van der Waals surface area contributed by atoms with Crippen LogP contribution < -0.4 is 11.5 Å². The van der Waals surface area contributed by atoms with Crippen LogP contribution in [0, 0.1) is 0 Å². The second-order valence-electron chi connectivity index (χ2n) is 4.47. The molecule has 0 aliphatic carbocycles. The molecule has 0 radical (unpaired) electrons. The molecule has 130 valence electrons. The van der Waals surface area contributed by atoms with Gasteiger partial charge in [0, 0.05) is 24.2 Å². The van der Waals surface area contributed by atoms with Crippen molar-refractivity contribution >= 4 is 11.6 Å². The highest BCUT2D eigenvalue weighted by Gasteiger charge is 2.00. The maximum atomic E-state index is 10.8. The van der Waals surface area contributed by atoms with Crippen LogP contribution in [0.1, 0.15) is 20.7 Å². The van der Waals surface area contributed by atoms with Crippen LogP contribution in [0.25, 0.3) is 0 Å². The van der Waals surface area contributed by atoms with E-state index in [-0.39, 0.29) is 11.6 Å². The van der Waals surface area contributed by atoms with Crippen LogP contribution >= 0.6 is 0 Å². The van der Waals surface area contributed by atoms with Gasteiger partial charge in [-0.1, -0.05) is 60.7 Å². The van der Waals surface area contributed by atoms with E-state index >= 15 is 0 Å². The monoisotopic (exact) mass is 332 g/mol. The van der Waals surface area contributed by atoms with E-state index in [2.05, 4.69) is 0 Å². The van der Waals surface area contributed by atoms with Gasteiger partial charge in [-0.3, -0.25) is 9.59 Å². The Labute approximate surface area is 141 Å². The van der Waals surface area contributed by atoms with Crippen molar-refractivity contribution in [2.24, 2.45) is 11.5 Å². The number of aliphatic hydroxyl groups excluding tert-OH is 2. The van der Waals surface area contributed by atoms with Crippen molar-refractivity contribution < 1.29 is 19.8 Å². The Balaban J connectivity index is 0.000000363. The Bertz CT molecular complexity index is 521. The van der Waals surface area contributed by atoms with Crippen molar-refractivity contribution in [1.82, 2.24) is 0 Å². The first-order valence-corrected chi connectivity index (χ1v) is 7.39. The predicted octanol–water partition coefficient (Wildman–Crippen LogP) is 0.627. The summed E-state index contributed by atoms with van der Waals surface area (Å²) in [5, 5.41) is 16.9. The molecule has 0 bridgehead atoms. The fourth-order valence-corrected chi connectivity index (χ4v) is 1.43. The molecule has 2 aromatic carbocycles. The van der Waals surface area contributed by atoms with Crippen molar-refractivity contribution in [2.75, 3.05) is 26.3 Å². The summed E-state index contributed by atoms with van der Waals surface area (Å²) < 4.78 is 0. The van der Waals surface area contributed by atoms with Gasteiger partial charge in [-0.25, -0.2) is 0 Å². The molecule has 0 saturated carbocycles. The van der Waals surface area contributed by atoms with Crippen molar-refractivity contribution in [1.29, 1.82) is 0 Å². The minimum absolute atomic E-state index is 0.236. The maximum Gasteiger partial charge on any atom is 0.188 e. The van der Waals surface area contributed by atoms with E-state index in [4.69, 9.17) is 21.7 Å². The number of Topliss-reactive ketones (excluding diaryl/α,β-unsaturated/α-hetero) is 2. The number of hydrogen-bond donors (Lipinski definition) is 4. The Morgan fingerprint density at radius 1 is 0.667 bits per heavy atom. The van der Waals surface area contributed by atoms with Gasteiger partial charge in [0.1, 0.15) is 13.2 Å². The SMILES string of the molecule is NCCN.O=C(CO)c1ccccc1.O=C(CO)c1ccccc1. The van der Waals surface area contributed by atoms with E-state index in [9.17, 15) is 9.59 Å². The number of nitrogens with two attached hydrogens (primary N) is 2. The summed E-state index contributed by atoms with van der Waals surface area (Å²) in [6, 6.07) is 17.4. The van der Waals surface area contributed by atoms with E-state index in [0.29, 0.717) is 24.2 Å². The van der Waals surface area contributed by atoms with Crippen molar-refractivity contribution in [3.63, 3.8) is 0 Å². The summed E-state index contributed by atoms with van der Waals surface area (Å²) in [6.45, 7) is 0.369. The summed E-state index contributed by atoms with van der Waals surface area (Å²) >= 11 is 0. The Morgan fingerprint density at radius 2 is 0.958 bits per heavy atom. The van der Waals surface area contributed by atoms with Crippen LogP contribution in [0.15, 0.2) is 60.7 Å². The molecule has 0 spiro atoms. The zero-order valence-corrected chi connectivity index (χ0v) is 13.5. The van der Waals surface area contributed by atoms with Crippen LogP contribution in [0.3, 0.4) is 0 Å². The quantitative estimate of drug-likeness (QED) is 0.595. The van der Waals surface area contributed by atoms with Gasteiger partial charge < -0.3 is 21.7 Å². The summed E-state index contributed by atoms with van der Waals surface area (Å²) in [5.74, 6) is -0.471. The number of aliphatic hydroxyl groups is 2. The van der Waals surface area contributed by atoms with E-state index in [0.717, 1.165) is 0 Å². The lowest BCUT2D eigenvalue weighted by Gasteiger charge is -1.93. The zero-order valence-electron chi connectivity index (χ0n) is 13.5. The Morgan fingerprint density at radius 3 is 1.17 bits per heavy atom. The van der Waals surface area contributed by atoms with Gasteiger partial charge in [0.2, 0.25) is 0 Å². The molecule has 0 fully saturated rings. The normalized spacial score (nSPS) is 9.00. The second-order valence-corrected chi connectivity index (χ2v) is 4.47. The van der Waals surface area contributed by atoms with Crippen molar-refractivity contribution in [3.8, 4) is 0 Å². The smallest absolute Gasteiger partial charge is 0.188 e. The molecule has 2 aromatic rings. The number of ketones is 2. The fourth-order valence-electron chi connectivity index (χ4n) is 1.43. The first kappa shape index (κ1) is 21.6. The standard InChI is InChI=1S/2C8H8O2.C2H8N2/c2*9-6-8(10)7-4-2-1-3-5-7;3-1-2-4/h2*1-5,9H,6H2;1-4H2. The largest absolute Gasteiger partial charge is 0.388 e. The third-order valence-corrected chi connectivity index (χ3v) is 2.65. The van der Waals surface area contributed by atoms with Crippen LogP contribution in [-0.2, 0) is 0 Å². The minimum atomic E-state index is -0.413. The maximum absolute atomic E-state index is 10.8. The molecule has 24 heavy (non-hydrogen) atoms. The molecule has 6 N–H and O–H groups in total. The molecule has 0 unspecified atom stereocenters. The fraction of sp³-hybridized carbons (Fsp3) is 0.222. The molecule has 0 atom stereocenters. The van der Waals surface area contributed by atoms with Crippen molar-refractivity contribution in [2.45, 2.75) is 0 Å². The topological polar surface area (TPSA) is 127 Å². The van der Waals surface area contributed by atoms with Gasteiger partial charge in [-0.15, -0.1) is 0 Å². The van der Waals surface area contributed by atoms with Gasteiger partial charge >= 0.3 is 0 Å². The molecule has 0 aliphatic rings. The molecule has 0 heterocycles. The van der Waals surface area contributed by atoms with Crippen LogP contribution in [0.5, 0.6) is 0 Å². The third-order valence-electron chi connectivity index (χ3n) is 2.65. The Hall–Kier alpha value is -2.38. The second kappa shape index (κ2) is 14.2. The zero-order chi connectivity index (χ0) is 18.2. The average Bonchev–Trinajstić information content (AvgIpc) is 2.68. The molecule has 2 rings (SSSR count). The van der Waals surface area contributed by atoms with E-state index in [1.807, 2.05) is 12.1 Å². The molecule has 0 amide bonds. The first-order chi connectivity index (χ1) is 11.6. The first-order valence-electron chi connectivity index (χ1n) is 7.39. The van der Waals surface area contributed by atoms with Crippen LogP contribution in [-0.4, -0.2) is 48.1 Å². The van der Waals surface area contributed by atoms with Gasteiger partial charge in [0.05, 0.1) is 0 Å². The number of benzene rings is 2. The molecule has 6 nitrogen and oxygen atoms in total. The highest BCUT2D eigenvalue weighted by molar-refractivity contribution is 5.97. The molecule has 0 aromatic heterocycles. The number of rotatable bonds is 5. The average molecular weight is 332 g/mol. The lowest BCUT2D eigenvalue weighted by Crippen LogP contribution is -2.11. The number of carbonyl (C=O) groups is 2.